The molecule has 0 aliphatic heterocycles. The summed E-state index contributed by atoms with van der Waals surface area (Å²) in [5, 5.41) is 0. The van der Waals surface area contributed by atoms with Crippen LogP contribution in [0.15, 0.2) is 30.3 Å². The number of halogens is 2. The quantitative estimate of drug-likeness (QED) is 0.421. The molecule has 24 heavy (non-hydrogen) atoms. The van der Waals surface area contributed by atoms with Crippen LogP contribution in [-0.4, -0.2) is 0 Å². The van der Waals surface area contributed by atoms with Crippen LogP contribution in [0.5, 0.6) is 0 Å². The van der Waals surface area contributed by atoms with Gasteiger partial charge in [-0.3, -0.25) is 0 Å². The van der Waals surface area contributed by atoms with Crippen molar-refractivity contribution in [1.82, 2.24) is 0 Å². The summed E-state index contributed by atoms with van der Waals surface area (Å²) in [5.74, 6) is 0. The molecule has 0 N–H and O–H groups in total. The third kappa shape index (κ3) is 4.35. The minimum absolute atomic E-state index is 0. The van der Waals surface area contributed by atoms with E-state index in [9.17, 15) is 0 Å². The van der Waals surface area contributed by atoms with E-state index >= 15 is 0 Å². The van der Waals surface area contributed by atoms with Crippen LogP contribution in [0.4, 0.5) is 0 Å². The van der Waals surface area contributed by atoms with Gasteiger partial charge in [0.25, 0.3) is 0 Å². The first kappa shape index (κ1) is 23.9. The van der Waals surface area contributed by atoms with E-state index in [1.807, 2.05) is 0 Å². The summed E-state index contributed by atoms with van der Waals surface area (Å²) in [5.41, 5.74) is 8.88. The number of benzene rings is 2. The summed E-state index contributed by atoms with van der Waals surface area (Å²) >= 11 is 0. The Balaban J connectivity index is 0.00000176. The van der Waals surface area contributed by atoms with Crippen molar-refractivity contribution in [2.75, 3.05) is 0 Å². The molecule has 0 unspecified atom stereocenters. The van der Waals surface area contributed by atoms with Gasteiger partial charge in [-0.1, -0.05) is 70.7 Å². The molecule has 0 nitrogen and oxygen atoms in total. The van der Waals surface area contributed by atoms with Crippen LogP contribution < -0.4 is 24.8 Å². The van der Waals surface area contributed by atoms with Crippen LogP contribution in [0.2, 0.25) is 0 Å². The Morgan fingerprint density at radius 2 is 1.50 bits per heavy atom. The van der Waals surface area contributed by atoms with Crippen molar-refractivity contribution < 1.29 is 51.0 Å². The summed E-state index contributed by atoms with van der Waals surface area (Å²) < 4.78 is 0. The van der Waals surface area contributed by atoms with Crippen LogP contribution in [0.25, 0.3) is 11.1 Å². The van der Waals surface area contributed by atoms with E-state index in [1.165, 1.54) is 33.4 Å². The molecule has 0 bridgehead atoms. The molecule has 0 fully saturated rings. The second-order valence-corrected chi connectivity index (χ2v) is 8.29. The standard InChI is InChI=1S/C21H25.2ClH.Zr/c1-20(2,3)15-11-10-14-12-18-16(17(14)13-15)8-7-9-19(18)21(4,5)6;;;/h7-9,11,13H,12H2,1-6H3;2*1H;/q-1;;;+3/p-2. The van der Waals surface area contributed by atoms with E-state index in [-0.39, 0.29) is 61.8 Å². The smallest absolute Gasteiger partial charge is 1.00 e. The molecule has 2 aromatic carbocycles. The molecule has 2 aromatic rings. The van der Waals surface area contributed by atoms with Gasteiger partial charge >= 0.3 is 26.2 Å². The van der Waals surface area contributed by atoms with Gasteiger partial charge in [0.15, 0.2) is 0 Å². The maximum atomic E-state index is 3.55. The average molecular weight is 440 g/mol. The van der Waals surface area contributed by atoms with E-state index in [1.54, 1.807) is 0 Å². The van der Waals surface area contributed by atoms with Crippen molar-refractivity contribution in [1.29, 1.82) is 0 Å². The van der Waals surface area contributed by atoms with Gasteiger partial charge in [-0.15, -0.1) is 5.56 Å². The number of hydrogen-bond donors (Lipinski definition) is 0. The summed E-state index contributed by atoms with van der Waals surface area (Å²) in [6.07, 6.45) is 1.03. The molecule has 1 radical (unpaired) electrons. The Kier molecular flexibility index (Phi) is 8.04. The van der Waals surface area contributed by atoms with E-state index in [0.29, 0.717) is 0 Å². The van der Waals surface area contributed by atoms with Gasteiger partial charge in [0, 0.05) is 0 Å². The first-order valence-corrected chi connectivity index (χ1v) is 7.86. The van der Waals surface area contributed by atoms with Gasteiger partial charge in [-0.2, -0.15) is 29.3 Å². The predicted molar refractivity (Wildman–Crippen MR) is 90.9 cm³/mol. The number of rotatable bonds is 0. The molecule has 0 heterocycles. The molecule has 1 aliphatic carbocycles. The Hall–Kier alpha value is -0.0969. The topological polar surface area (TPSA) is 0 Å². The maximum absolute atomic E-state index is 3.55. The van der Waals surface area contributed by atoms with Gasteiger partial charge < -0.3 is 24.8 Å². The normalized spacial score (nSPS) is 12.2. The predicted octanol–water partition coefficient (Wildman–Crippen LogP) is -0.342. The van der Waals surface area contributed by atoms with Crippen molar-refractivity contribution in [2.45, 2.75) is 58.8 Å². The Bertz CT molecular complexity index is 707. The van der Waals surface area contributed by atoms with E-state index in [4.69, 9.17) is 0 Å². The fraction of sp³-hybridized carbons (Fsp3) is 0.429. The zero-order chi connectivity index (χ0) is 15.4. The summed E-state index contributed by atoms with van der Waals surface area (Å²) in [6.45, 7) is 13.7. The largest absolute Gasteiger partial charge is 3.00 e. The summed E-state index contributed by atoms with van der Waals surface area (Å²) in [4.78, 5) is 0. The Morgan fingerprint density at radius 3 is 2.04 bits per heavy atom. The van der Waals surface area contributed by atoms with E-state index < -0.39 is 0 Å². The van der Waals surface area contributed by atoms with Crippen molar-refractivity contribution in [3.8, 4) is 11.1 Å². The van der Waals surface area contributed by atoms with Gasteiger partial charge in [-0.25, -0.2) is 0 Å². The first-order valence-electron chi connectivity index (χ1n) is 7.86. The van der Waals surface area contributed by atoms with Crippen LogP contribution >= 0.6 is 0 Å². The van der Waals surface area contributed by atoms with Crippen molar-refractivity contribution >= 4 is 0 Å². The van der Waals surface area contributed by atoms with Gasteiger partial charge in [0.2, 0.25) is 0 Å². The molecule has 1 aliphatic rings. The molecule has 3 rings (SSSR count). The van der Waals surface area contributed by atoms with Crippen LogP contribution in [0.3, 0.4) is 0 Å². The van der Waals surface area contributed by atoms with Gasteiger partial charge in [-0.05, 0) is 23.0 Å². The first-order chi connectivity index (χ1) is 9.68. The molecular weight excluding hydrogens is 414 g/mol. The minimum atomic E-state index is 0. The third-order valence-corrected chi connectivity index (χ3v) is 4.52. The van der Waals surface area contributed by atoms with Crippen LogP contribution in [0, 0.1) is 6.07 Å². The van der Waals surface area contributed by atoms with Gasteiger partial charge in [0.05, 0.1) is 0 Å². The zero-order valence-electron chi connectivity index (χ0n) is 15.3. The molecule has 0 spiro atoms. The molecule has 0 amide bonds. The van der Waals surface area contributed by atoms with Crippen molar-refractivity contribution in [3.05, 3.63) is 58.7 Å². The average Bonchev–Trinajstić information content (AvgIpc) is 2.73. The molecule has 127 valence electrons. The molecule has 0 atom stereocenters. The van der Waals surface area contributed by atoms with E-state index in [0.717, 1.165) is 6.42 Å². The molecule has 0 saturated carbocycles. The maximum Gasteiger partial charge on any atom is 3.00 e. The fourth-order valence-electron chi connectivity index (χ4n) is 3.26. The molecule has 0 saturated heterocycles. The Morgan fingerprint density at radius 1 is 0.875 bits per heavy atom. The zero-order valence-corrected chi connectivity index (χ0v) is 19.3. The van der Waals surface area contributed by atoms with Crippen molar-refractivity contribution in [3.63, 3.8) is 0 Å². The Labute approximate surface area is 178 Å². The van der Waals surface area contributed by atoms with Gasteiger partial charge in [0.1, 0.15) is 0 Å². The second-order valence-electron chi connectivity index (χ2n) is 8.29. The van der Waals surface area contributed by atoms with Crippen molar-refractivity contribution in [2.24, 2.45) is 0 Å². The number of fused-ring (bicyclic) bond motifs is 3. The molecule has 0 aromatic heterocycles. The third-order valence-electron chi connectivity index (χ3n) is 4.52. The van der Waals surface area contributed by atoms with Crippen LogP contribution in [-0.2, 0) is 43.5 Å². The summed E-state index contributed by atoms with van der Waals surface area (Å²) in [7, 11) is 0. The number of hydrogen-bond acceptors (Lipinski definition) is 0. The van der Waals surface area contributed by atoms with Crippen LogP contribution in [0.1, 0.15) is 63.8 Å². The molecular formula is C21H25Cl2Zr. The minimum Gasteiger partial charge on any atom is -1.00 e. The SMILES string of the molecule is CC(C)(C)c1c[c-]c2c(c1)-c1cccc(C(C)(C)C)c1C2.[Cl-].[Cl-].[Zr+3]. The van der Waals surface area contributed by atoms with E-state index in [2.05, 4.69) is 77.9 Å². The monoisotopic (exact) mass is 437 g/mol. The second kappa shape index (κ2) is 8.07. The summed E-state index contributed by atoms with van der Waals surface area (Å²) in [6, 6.07) is 14.9. The molecule has 3 heteroatoms. The fourth-order valence-corrected chi connectivity index (χ4v) is 3.26.